The third-order valence-electron chi connectivity index (χ3n) is 2.51. The van der Waals surface area contributed by atoms with E-state index in [4.69, 9.17) is 5.73 Å². The van der Waals surface area contributed by atoms with Gasteiger partial charge in [0.1, 0.15) is 0 Å². The summed E-state index contributed by atoms with van der Waals surface area (Å²) in [7, 11) is 4.15. The molecule has 0 bridgehead atoms. The van der Waals surface area contributed by atoms with Crippen LogP contribution in [0.25, 0.3) is 0 Å². The molecule has 0 aromatic carbocycles. The number of primary amides is 1. The molecule has 0 radical (unpaired) electrons. The molecule has 2 N–H and O–H groups in total. The first-order valence-corrected chi connectivity index (χ1v) is 4.32. The fourth-order valence-corrected chi connectivity index (χ4v) is 1.60. The van der Waals surface area contributed by atoms with Gasteiger partial charge in [-0.2, -0.15) is 0 Å². The number of rotatable bonds is 1. The van der Waals surface area contributed by atoms with Crippen molar-refractivity contribution in [1.82, 2.24) is 9.80 Å². The van der Waals surface area contributed by atoms with Gasteiger partial charge in [-0.3, -0.25) is 0 Å². The van der Waals surface area contributed by atoms with Crippen molar-refractivity contribution >= 4 is 6.03 Å². The van der Waals surface area contributed by atoms with E-state index in [0.717, 1.165) is 25.9 Å². The third kappa shape index (κ3) is 2.11. The Kier molecular flexibility index (Phi) is 2.92. The van der Waals surface area contributed by atoms with E-state index in [1.165, 1.54) is 0 Å². The topological polar surface area (TPSA) is 49.6 Å². The first kappa shape index (κ1) is 9.32. The van der Waals surface area contributed by atoms with Crippen LogP contribution in [0, 0.1) is 0 Å². The summed E-state index contributed by atoms with van der Waals surface area (Å²) < 4.78 is 0. The molecule has 1 fully saturated rings. The lowest BCUT2D eigenvalue weighted by Crippen LogP contribution is -2.46. The summed E-state index contributed by atoms with van der Waals surface area (Å²) in [6.07, 6.45) is 2.08. The van der Waals surface area contributed by atoms with Crippen molar-refractivity contribution in [3.8, 4) is 0 Å². The van der Waals surface area contributed by atoms with Crippen LogP contribution in [0.4, 0.5) is 4.79 Å². The number of nitrogens with zero attached hydrogens (tertiary/aromatic N) is 2. The molecule has 0 spiro atoms. The molecule has 70 valence electrons. The molecular formula is C8H17N3O. The smallest absolute Gasteiger partial charge is 0.314 e. The first-order chi connectivity index (χ1) is 5.61. The molecule has 2 amide bonds. The summed E-state index contributed by atoms with van der Waals surface area (Å²) >= 11 is 0. The predicted octanol–water partition coefficient (Wildman–Crippen LogP) is 0.0911. The van der Waals surface area contributed by atoms with Crippen LogP contribution in [0.2, 0.25) is 0 Å². The molecule has 0 aliphatic carbocycles. The molecule has 0 saturated carbocycles. The maximum absolute atomic E-state index is 10.8. The maximum Gasteiger partial charge on any atom is 0.314 e. The second-order valence-electron chi connectivity index (χ2n) is 3.52. The van der Waals surface area contributed by atoms with Crippen molar-refractivity contribution in [1.29, 1.82) is 0 Å². The molecule has 1 saturated heterocycles. The van der Waals surface area contributed by atoms with E-state index in [2.05, 4.69) is 19.0 Å². The van der Waals surface area contributed by atoms with Crippen LogP contribution in [0.1, 0.15) is 12.8 Å². The summed E-state index contributed by atoms with van der Waals surface area (Å²) in [5, 5.41) is 0. The minimum atomic E-state index is -0.285. The standard InChI is InChI=1S/C8H17N3O/c1-10(2)7-3-5-11(6-4-7)8(9)12/h7H,3-6H2,1-2H3,(H2,9,12). The molecule has 0 aromatic rings. The molecule has 1 aliphatic rings. The second kappa shape index (κ2) is 3.76. The van der Waals surface area contributed by atoms with Gasteiger partial charge in [0.2, 0.25) is 0 Å². The number of carbonyl (C=O) groups excluding carboxylic acids is 1. The molecule has 1 aliphatic heterocycles. The predicted molar refractivity (Wildman–Crippen MR) is 47.9 cm³/mol. The zero-order valence-corrected chi connectivity index (χ0v) is 7.79. The summed E-state index contributed by atoms with van der Waals surface area (Å²) in [5.41, 5.74) is 5.16. The van der Waals surface area contributed by atoms with Gasteiger partial charge in [-0.15, -0.1) is 0 Å². The van der Waals surface area contributed by atoms with Crippen LogP contribution in [0.15, 0.2) is 0 Å². The summed E-state index contributed by atoms with van der Waals surface area (Å²) in [4.78, 5) is 14.7. The molecule has 4 nitrogen and oxygen atoms in total. The van der Waals surface area contributed by atoms with Crippen molar-refractivity contribution in [3.63, 3.8) is 0 Å². The lowest BCUT2D eigenvalue weighted by atomic mass is 10.0. The molecule has 1 rings (SSSR count). The normalized spacial score (nSPS) is 20.1. The highest BCUT2D eigenvalue weighted by Gasteiger charge is 2.21. The minimum absolute atomic E-state index is 0.285. The number of piperidine rings is 1. The summed E-state index contributed by atoms with van der Waals surface area (Å²) in [5.74, 6) is 0. The molecule has 12 heavy (non-hydrogen) atoms. The van der Waals surface area contributed by atoms with E-state index in [9.17, 15) is 4.79 Å². The molecule has 0 atom stereocenters. The maximum atomic E-state index is 10.8. The number of hydrogen-bond donors (Lipinski definition) is 1. The summed E-state index contributed by atoms with van der Waals surface area (Å²) in [6.45, 7) is 1.61. The van der Waals surface area contributed by atoms with Crippen LogP contribution >= 0.6 is 0 Å². The SMILES string of the molecule is CN(C)C1CCN(C(N)=O)CC1. The quantitative estimate of drug-likeness (QED) is 0.608. The second-order valence-corrected chi connectivity index (χ2v) is 3.52. The van der Waals surface area contributed by atoms with Gasteiger partial charge in [-0.1, -0.05) is 0 Å². The highest BCUT2D eigenvalue weighted by Crippen LogP contribution is 2.13. The fraction of sp³-hybridized carbons (Fsp3) is 0.875. The Morgan fingerprint density at radius 2 is 1.92 bits per heavy atom. The molecule has 4 heteroatoms. The Labute approximate surface area is 73.3 Å². The van der Waals surface area contributed by atoms with Crippen LogP contribution in [-0.2, 0) is 0 Å². The van der Waals surface area contributed by atoms with Crippen molar-refractivity contribution in [2.24, 2.45) is 5.73 Å². The van der Waals surface area contributed by atoms with Gasteiger partial charge in [0.15, 0.2) is 0 Å². The monoisotopic (exact) mass is 171 g/mol. The van der Waals surface area contributed by atoms with Gasteiger partial charge in [-0.25, -0.2) is 4.79 Å². The van der Waals surface area contributed by atoms with E-state index < -0.39 is 0 Å². The van der Waals surface area contributed by atoms with Gasteiger partial charge >= 0.3 is 6.03 Å². The Bertz CT molecular complexity index is 162. The minimum Gasteiger partial charge on any atom is -0.351 e. The zero-order valence-electron chi connectivity index (χ0n) is 7.79. The van der Waals surface area contributed by atoms with E-state index in [-0.39, 0.29) is 6.03 Å². The molecular weight excluding hydrogens is 154 g/mol. The Morgan fingerprint density at radius 1 is 1.42 bits per heavy atom. The highest BCUT2D eigenvalue weighted by molar-refractivity contribution is 5.72. The lowest BCUT2D eigenvalue weighted by molar-refractivity contribution is 0.154. The lowest BCUT2D eigenvalue weighted by Gasteiger charge is -2.34. The van der Waals surface area contributed by atoms with Gasteiger partial charge in [0.25, 0.3) is 0 Å². The van der Waals surface area contributed by atoms with Crippen molar-refractivity contribution in [3.05, 3.63) is 0 Å². The largest absolute Gasteiger partial charge is 0.351 e. The van der Waals surface area contributed by atoms with Crippen LogP contribution < -0.4 is 5.73 Å². The number of amides is 2. The average molecular weight is 171 g/mol. The zero-order chi connectivity index (χ0) is 9.14. The van der Waals surface area contributed by atoms with E-state index in [1.54, 1.807) is 4.90 Å². The van der Waals surface area contributed by atoms with Gasteiger partial charge < -0.3 is 15.5 Å². The molecule has 0 unspecified atom stereocenters. The number of urea groups is 1. The molecule has 1 heterocycles. The van der Waals surface area contributed by atoms with E-state index in [1.807, 2.05) is 0 Å². The van der Waals surface area contributed by atoms with Gasteiger partial charge in [0, 0.05) is 19.1 Å². The number of likely N-dealkylation sites (tertiary alicyclic amines) is 1. The number of nitrogens with two attached hydrogens (primary N) is 1. The van der Waals surface area contributed by atoms with E-state index >= 15 is 0 Å². The Hall–Kier alpha value is -0.770. The van der Waals surface area contributed by atoms with Crippen molar-refractivity contribution in [2.75, 3.05) is 27.2 Å². The molecule has 0 aromatic heterocycles. The van der Waals surface area contributed by atoms with E-state index in [0.29, 0.717) is 6.04 Å². The first-order valence-electron chi connectivity index (χ1n) is 4.32. The van der Waals surface area contributed by atoms with Gasteiger partial charge in [0.05, 0.1) is 0 Å². The number of hydrogen-bond acceptors (Lipinski definition) is 2. The fourth-order valence-electron chi connectivity index (χ4n) is 1.60. The Morgan fingerprint density at radius 3 is 2.25 bits per heavy atom. The highest BCUT2D eigenvalue weighted by atomic mass is 16.2. The average Bonchev–Trinajstić information content (AvgIpc) is 2.04. The number of carbonyl (C=O) groups is 1. The van der Waals surface area contributed by atoms with Gasteiger partial charge in [-0.05, 0) is 26.9 Å². The van der Waals surface area contributed by atoms with Crippen LogP contribution in [0.5, 0.6) is 0 Å². The summed E-state index contributed by atoms with van der Waals surface area (Å²) in [6, 6.07) is 0.327. The van der Waals surface area contributed by atoms with Crippen molar-refractivity contribution < 1.29 is 4.79 Å². The third-order valence-corrected chi connectivity index (χ3v) is 2.51. The van der Waals surface area contributed by atoms with Crippen LogP contribution in [0.3, 0.4) is 0 Å². The van der Waals surface area contributed by atoms with Crippen molar-refractivity contribution in [2.45, 2.75) is 18.9 Å². The Balaban J connectivity index is 2.34. The van der Waals surface area contributed by atoms with Crippen LogP contribution in [-0.4, -0.2) is 49.1 Å².